The van der Waals surface area contributed by atoms with Crippen LogP contribution in [0.25, 0.3) is 0 Å². The standard InChI is InChI=1S/C13H24.C13H20.C13H26.C10H17NO2.2C9H20O.C9H20.C3H8.14CH4/c1-6-9-7-10-8-11(9)13(4,5)12(10,2)3;1-12(2,3)13(4,5)11-9-7-6-8-10-11;1-9-13(7,8)11(3)10(2)12(4,5)6;1-6-11-7(12)9(2,3)10(4,5)8(11)13;1-7-8(2,3)9(4,5)10-6;1-7-9(5,10-6)8(2,3)4;1-7-9(5,6)8(2,3)4;1-3-2;;;;;;;;;;;;;;/h9-11H,6-8H2,1-5H3;6-10H,1-5H3;9H2,1-8H3;6H2,1-5H3;2*7H2,1-6H3;7H2,1-6H3;3H2,1-2H3;14*1H4/b;;11-10+;;;;;;;;;;;;;;;;;;;. The van der Waals surface area contributed by atoms with Gasteiger partial charge in [-0.3, -0.25) is 14.5 Å². The van der Waals surface area contributed by atoms with Crippen LogP contribution in [-0.2, 0) is 24.5 Å². The van der Waals surface area contributed by atoms with E-state index in [9.17, 15) is 9.59 Å². The lowest BCUT2D eigenvalue weighted by atomic mass is 9.57. The van der Waals surface area contributed by atoms with Crippen LogP contribution in [-0.4, -0.2) is 48.7 Å². The maximum atomic E-state index is 11.8. The second-order valence-electron chi connectivity index (χ2n) is 35.2. The van der Waals surface area contributed by atoms with Crippen molar-refractivity contribution in [3.8, 4) is 0 Å². The molecule has 2 bridgehead atoms. The minimum absolute atomic E-state index is 0. The third-order valence-corrected chi connectivity index (χ3v) is 24.9. The van der Waals surface area contributed by atoms with Crippen LogP contribution in [0.1, 0.15) is 445 Å². The normalized spacial score (nSPS) is 18.0. The van der Waals surface area contributed by atoms with Crippen molar-refractivity contribution >= 4 is 11.8 Å². The number of hydrogen-bond acceptors (Lipinski definition) is 4. The highest BCUT2D eigenvalue weighted by Crippen LogP contribution is 2.68. The van der Waals surface area contributed by atoms with E-state index in [2.05, 4.69) is 280 Å². The quantitative estimate of drug-likeness (QED) is 0.164. The Morgan fingerprint density at radius 3 is 0.939 bits per heavy atom. The van der Waals surface area contributed by atoms with E-state index in [1.807, 2.05) is 34.6 Å². The summed E-state index contributed by atoms with van der Waals surface area (Å²) in [5.74, 6) is 2.96. The molecule has 0 radical (unpaired) electrons. The van der Waals surface area contributed by atoms with Gasteiger partial charge in [0.15, 0.2) is 0 Å². The molecule has 612 valence electrons. The summed E-state index contributed by atoms with van der Waals surface area (Å²) >= 11 is 0. The lowest BCUT2D eigenvalue weighted by Crippen LogP contribution is -2.41. The first-order valence-corrected chi connectivity index (χ1v) is 33.8. The van der Waals surface area contributed by atoms with Gasteiger partial charge in [0.25, 0.3) is 0 Å². The van der Waals surface area contributed by atoms with Crippen molar-refractivity contribution in [1.82, 2.24) is 4.90 Å². The zero-order chi connectivity index (χ0) is 68.5. The van der Waals surface area contributed by atoms with Gasteiger partial charge in [-0.25, -0.2) is 0 Å². The monoisotopic (exact) mass is 1410 g/mol. The van der Waals surface area contributed by atoms with E-state index in [0.29, 0.717) is 44.4 Å². The molecular formula is C93H211NO4. The molecule has 1 heterocycles. The third-order valence-electron chi connectivity index (χ3n) is 24.9. The van der Waals surface area contributed by atoms with Crippen molar-refractivity contribution in [2.75, 3.05) is 20.8 Å². The highest BCUT2D eigenvalue weighted by atomic mass is 16.5. The van der Waals surface area contributed by atoms with Crippen molar-refractivity contribution < 1.29 is 19.1 Å². The zero-order valence-corrected chi connectivity index (χ0v) is 65.6. The van der Waals surface area contributed by atoms with Gasteiger partial charge in [-0.15, -0.1) is 0 Å². The van der Waals surface area contributed by atoms with Crippen LogP contribution in [0, 0.1) is 77.3 Å². The predicted molar refractivity (Wildman–Crippen MR) is 472 cm³/mol. The molecule has 2 saturated carbocycles. The molecule has 0 N–H and O–H groups in total. The number of fused-ring (bicyclic) bond motifs is 2. The second-order valence-corrected chi connectivity index (χ2v) is 35.2. The van der Waals surface area contributed by atoms with Gasteiger partial charge in [0.1, 0.15) is 0 Å². The molecule has 2 aliphatic carbocycles. The molecule has 0 aromatic heterocycles. The number of carbonyl (C=O) groups excluding carboxylic acids is 2. The Kier molecular flexibility index (Phi) is 78.1. The number of allylic oxidation sites excluding steroid dienone is 2. The number of rotatable bonds is 11. The summed E-state index contributed by atoms with van der Waals surface area (Å²) in [6.45, 7) is 91.8. The summed E-state index contributed by atoms with van der Waals surface area (Å²) in [7, 11) is 3.56. The van der Waals surface area contributed by atoms with Crippen molar-refractivity contribution in [3.05, 3.63) is 47.0 Å². The van der Waals surface area contributed by atoms with Crippen molar-refractivity contribution in [1.29, 1.82) is 0 Å². The number of likely N-dealkylation sites (tertiary alicyclic amines) is 1. The van der Waals surface area contributed by atoms with Gasteiger partial charge in [0.2, 0.25) is 11.8 Å². The predicted octanol–water partition coefficient (Wildman–Crippen LogP) is 33.8. The number of ether oxygens (including phenoxy) is 2. The van der Waals surface area contributed by atoms with Gasteiger partial charge in [0, 0.05) is 20.8 Å². The smallest absolute Gasteiger partial charge is 0.235 e. The number of carbonyl (C=O) groups is 2. The van der Waals surface area contributed by atoms with E-state index in [1.54, 1.807) is 25.4 Å². The Labute approximate surface area is 633 Å². The number of amides is 2. The average molecular weight is 1410 g/mol. The molecule has 1 aromatic carbocycles. The molecule has 98 heavy (non-hydrogen) atoms. The summed E-state index contributed by atoms with van der Waals surface area (Å²) in [5, 5.41) is 0. The zero-order valence-electron chi connectivity index (χ0n) is 65.6. The lowest BCUT2D eigenvalue weighted by molar-refractivity contribution is -0.141. The molecule has 4 atom stereocenters. The van der Waals surface area contributed by atoms with Crippen LogP contribution >= 0.6 is 0 Å². The minimum atomic E-state index is -0.569. The SMILES string of the molecule is C.C.C.C.C.C.C.C.C.C.C.C.C.C.CC(C)(C)C(C)(C)c1ccccc1.CCC.CCC(C)(C)/C(C)=C(\C)C(C)(C)C.CCC(C)(C)C(C)(C)C.CCC(C)(C)C(C)(C)OC.CCC(C)(OC)C(C)(C)C.CCC1CC2CC1C(C)(C)C2(C)C.CCN1C(=O)C(C)(C)C(C)(C)C1=O. The first-order chi connectivity index (χ1) is 37.1. The molecule has 5 nitrogen and oxygen atoms in total. The average Bonchev–Trinajstić information content (AvgIpc) is 3.94. The topological polar surface area (TPSA) is 55.8 Å². The Morgan fingerprint density at radius 1 is 0.439 bits per heavy atom. The van der Waals surface area contributed by atoms with Crippen LogP contribution < -0.4 is 0 Å². The summed E-state index contributed by atoms with van der Waals surface area (Å²) in [6.07, 6.45) is 10.4. The van der Waals surface area contributed by atoms with Crippen LogP contribution in [0.2, 0.25) is 0 Å². The van der Waals surface area contributed by atoms with Gasteiger partial charge < -0.3 is 9.47 Å². The molecule has 1 aliphatic heterocycles. The molecule has 0 spiro atoms. The van der Waals surface area contributed by atoms with E-state index in [-0.39, 0.29) is 143 Å². The molecule has 1 saturated heterocycles. The fraction of sp³-hybridized carbons (Fsp3) is 0.892. The van der Waals surface area contributed by atoms with Crippen LogP contribution in [0.3, 0.4) is 0 Å². The van der Waals surface area contributed by atoms with E-state index >= 15 is 0 Å². The highest BCUT2D eigenvalue weighted by molar-refractivity contribution is 6.08. The molecular weight excluding hydrogens is 1200 g/mol. The van der Waals surface area contributed by atoms with Crippen LogP contribution in [0.15, 0.2) is 41.5 Å². The Balaban J connectivity index is -0.0000000464. The van der Waals surface area contributed by atoms with Crippen molar-refractivity contribution in [2.45, 2.75) is 456 Å². The molecule has 4 rings (SSSR count). The summed E-state index contributed by atoms with van der Waals surface area (Å²) in [6, 6.07) is 10.7. The Bertz CT molecular complexity index is 2010. The fourth-order valence-electron chi connectivity index (χ4n) is 10.5. The number of imide groups is 1. The second kappa shape index (κ2) is 53.7. The molecule has 4 unspecified atom stereocenters. The number of hydrogen-bond donors (Lipinski definition) is 0. The van der Waals surface area contributed by atoms with Crippen molar-refractivity contribution in [2.24, 2.45) is 77.3 Å². The van der Waals surface area contributed by atoms with Gasteiger partial charge >= 0.3 is 0 Å². The van der Waals surface area contributed by atoms with E-state index in [0.717, 1.165) is 30.6 Å². The van der Waals surface area contributed by atoms with E-state index in [1.165, 1.54) is 49.0 Å². The van der Waals surface area contributed by atoms with Crippen LogP contribution in [0.4, 0.5) is 0 Å². The summed E-state index contributed by atoms with van der Waals surface area (Å²) < 4.78 is 10.8. The largest absolute Gasteiger partial charge is 0.378 e. The first kappa shape index (κ1) is 142. The summed E-state index contributed by atoms with van der Waals surface area (Å²) in [5.41, 5.74) is 7.18. The molecule has 2 amide bonds. The Morgan fingerprint density at radius 2 is 0.776 bits per heavy atom. The summed E-state index contributed by atoms with van der Waals surface area (Å²) in [4.78, 5) is 24.9. The lowest BCUT2D eigenvalue weighted by Gasteiger charge is -2.48. The minimum Gasteiger partial charge on any atom is -0.378 e. The van der Waals surface area contributed by atoms with Crippen molar-refractivity contribution in [3.63, 3.8) is 0 Å². The maximum Gasteiger partial charge on any atom is 0.235 e. The number of nitrogens with zero attached hydrogens (tertiary/aromatic N) is 1. The maximum absolute atomic E-state index is 11.8. The number of benzene rings is 1. The molecule has 3 fully saturated rings. The first-order valence-electron chi connectivity index (χ1n) is 33.8. The van der Waals surface area contributed by atoms with Gasteiger partial charge in [-0.05, 0) is 179 Å². The van der Waals surface area contributed by atoms with Gasteiger partial charge in [-0.1, -0.05) is 379 Å². The highest BCUT2D eigenvalue weighted by Gasteiger charge is 2.61. The molecule has 3 aliphatic rings. The Hall–Kier alpha value is -1.98. The van der Waals surface area contributed by atoms with Crippen LogP contribution in [0.5, 0.6) is 0 Å². The van der Waals surface area contributed by atoms with Gasteiger partial charge in [-0.2, -0.15) is 0 Å². The van der Waals surface area contributed by atoms with E-state index in [4.69, 9.17) is 9.47 Å². The fourth-order valence-corrected chi connectivity index (χ4v) is 10.5. The van der Waals surface area contributed by atoms with E-state index < -0.39 is 10.8 Å². The van der Waals surface area contributed by atoms with Gasteiger partial charge in [0.05, 0.1) is 22.0 Å². The molecule has 1 aromatic rings. The molecule has 5 heteroatoms. The number of methoxy groups -OCH3 is 2. The third kappa shape index (κ3) is 37.1.